The number of rotatable bonds is 7. The first-order valence-electron chi connectivity index (χ1n) is 17.4. The van der Waals surface area contributed by atoms with Crippen LogP contribution >= 0.6 is 0 Å². The molecule has 242 valence electrons. The molecule has 0 aliphatic heterocycles. The smallest absolute Gasteiger partial charge is 0.135 e. The van der Waals surface area contributed by atoms with Crippen molar-refractivity contribution in [3.05, 3.63) is 186 Å². The van der Waals surface area contributed by atoms with Crippen molar-refractivity contribution in [2.45, 2.75) is 31.5 Å². The highest BCUT2D eigenvalue weighted by Gasteiger charge is 2.37. The minimum Gasteiger partial charge on any atom is -0.456 e. The van der Waals surface area contributed by atoms with Crippen LogP contribution in [0.1, 0.15) is 53.9 Å². The molecule has 1 aromatic heterocycles. The van der Waals surface area contributed by atoms with E-state index in [-0.39, 0.29) is 17.6 Å². The van der Waals surface area contributed by atoms with E-state index in [0.29, 0.717) is 0 Å². The summed E-state index contributed by atoms with van der Waals surface area (Å²) in [6.45, 7) is 4.71. The molecule has 0 fully saturated rings. The zero-order valence-corrected chi connectivity index (χ0v) is 28.2. The number of nitrogens with two attached hydrogens (primary N) is 1. The number of fused-ring (bicyclic) bond motifs is 7. The molecule has 3 nitrogen and oxygen atoms in total. The summed E-state index contributed by atoms with van der Waals surface area (Å²) in [6.07, 6.45) is 4.09. The molecule has 3 heteroatoms. The third-order valence-corrected chi connectivity index (χ3v) is 10.5. The highest BCUT2D eigenvalue weighted by Crippen LogP contribution is 2.53. The first kappa shape index (κ1) is 30.3. The van der Waals surface area contributed by atoms with Gasteiger partial charge in [-0.15, -0.1) is 0 Å². The predicted molar refractivity (Wildman–Crippen MR) is 209 cm³/mol. The minimum atomic E-state index is -0.364. The SMILES string of the molecule is CC1(C)c2cc3ccccc3cc2-c2c(-c3cccc(/C=C/C(NC(N)c4ccccc4)c4cccc5oc6ccccc6c45)c3)cccc21. The fourth-order valence-corrected chi connectivity index (χ4v) is 7.99. The van der Waals surface area contributed by atoms with Gasteiger partial charge in [0.25, 0.3) is 0 Å². The Morgan fingerprint density at radius 2 is 1.36 bits per heavy atom. The van der Waals surface area contributed by atoms with Gasteiger partial charge in [0.2, 0.25) is 0 Å². The third-order valence-electron chi connectivity index (χ3n) is 10.5. The van der Waals surface area contributed by atoms with Crippen LogP contribution in [0.25, 0.3) is 61.0 Å². The zero-order valence-electron chi connectivity index (χ0n) is 28.2. The zero-order chi connectivity index (χ0) is 33.8. The van der Waals surface area contributed by atoms with Gasteiger partial charge in [0, 0.05) is 16.2 Å². The van der Waals surface area contributed by atoms with E-state index in [0.717, 1.165) is 38.6 Å². The largest absolute Gasteiger partial charge is 0.456 e. The normalized spacial score (nSPS) is 14.7. The second-order valence-corrected chi connectivity index (χ2v) is 13.9. The summed E-state index contributed by atoms with van der Waals surface area (Å²) in [5.74, 6) is 0. The molecule has 0 saturated heterocycles. The summed E-state index contributed by atoms with van der Waals surface area (Å²) in [6, 6.07) is 53.7. The standard InChI is InChI=1S/C47H38N2O/c1-47(2)39-22-11-20-35(44(39)38-28-32-16-6-7-17-33(32)29-40(38)47)34-18-10-13-30(27-34)25-26-41(49-46(48)31-14-4-3-5-15-31)36-21-12-24-43-45(36)37-19-8-9-23-42(37)50-43/h3-29,41,46,49H,48H2,1-2H3/b26-25+. The van der Waals surface area contributed by atoms with Crippen molar-refractivity contribution >= 4 is 38.8 Å². The van der Waals surface area contributed by atoms with Crippen LogP contribution in [-0.2, 0) is 5.41 Å². The monoisotopic (exact) mass is 646 g/mol. The van der Waals surface area contributed by atoms with Gasteiger partial charge in [0.05, 0.1) is 12.2 Å². The van der Waals surface area contributed by atoms with Crippen LogP contribution < -0.4 is 11.1 Å². The number of furan rings is 1. The summed E-state index contributed by atoms with van der Waals surface area (Å²) in [4.78, 5) is 0. The molecule has 0 amide bonds. The van der Waals surface area contributed by atoms with Crippen LogP contribution in [0, 0.1) is 0 Å². The van der Waals surface area contributed by atoms with Crippen LogP contribution in [0.4, 0.5) is 0 Å². The molecule has 1 aliphatic carbocycles. The quantitative estimate of drug-likeness (QED) is 0.169. The van der Waals surface area contributed by atoms with Gasteiger partial charge in [-0.2, -0.15) is 0 Å². The average molecular weight is 647 g/mol. The lowest BCUT2D eigenvalue weighted by atomic mass is 9.81. The highest BCUT2D eigenvalue weighted by atomic mass is 16.3. The molecule has 0 spiro atoms. The van der Waals surface area contributed by atoms with Crippen LogP contribution in [-0.4, -0.2) is 0 Å². The summed E-state index contributed by atoms with van der Waals surface area (Å²) < 4.78 is 6.28. The number of nitrogens with one attached hydrogen (secondary N) is 1. The maximum Gasteiger partial charge on any atom is 0.135 e. The predicted octanol–water partition coefficient (Wildman–Crippen LogP) is 11.7. The third kappa shape index (κ3) is 5.06. The molecule has 9 rings (SSSR count). The Labute approximate surface area is 292 Å². The van der Waals surface area contributed by atoms with E-state index in [1.807, 2.05) is 36.4 Å². The second kappa shape index (κ2) is 12.0. The molecule has 8 aromatic rings. The van der Waals surface area contributed by atoms with Gasteiger partial charge in [-0.1, -0.05) is 147 Å². The first-order chi connectivity index (χ1) is 24.5. The molecule has 0 saturated carbocycles. The maximum atomic E-state index is 6.81. The van der Waals surface area contributed by atoms with Crippen molar-refractivity contribution in [1.29, 1.82) is 0 Å². The van der Waals surface area contributed by atoms with Crippen molar-refractivity contribution in [3.63, 3.8) is 0 Å². The summed E-state index contributed by atoms with van der Waals surface area (Å²) in [5.41, 5.74) is 19.7. The van der Waals surface area contributed by atoms with E-state index in [1.165, 1.54) is 44.2 Å². The van der Waals surface area contributed by atoms with Crippen molar-refractivity contribution in [2.75, 3.05) is 0 Å². The molecule has 0 radical (unpaired) electrons. The number of hydrogen-bond donors (Lipinski definition) is 2. The summed E-state index contributed by atoms with van der Waals surface area (Å²) >= 11 is 0. The summed E-state index contributed by atoms with van der Waals surface area (Å²) in [7, 11) is 0. The lowest BCUT2D eigenvalue weighted by molar-refractivity contribution is 0.511. The van der Waals surface area contributed by atoms with Gasteiger partial charge in [-0.25, -0.2) is 0 Å². The molecule has 3 N–H and O–H groups in total. The average Bonchev–Trinajstić information content (AvgIpc) is 3.65. The van der Waals surface area contributed by atoms with E-state index in [1.54, 1.807) is 0 Å². The van der Waals surface area contributed by atoms with E-state index in [9.17, 15) is 0 Å². The Kier molecular flexibility index (Phi) is 7.27. The van der Waals surface area contributed by atoms with E-state index < -0.39 is 0 Å². The molecule has 1 aliphatic rings. The van der Waals surface area contributed by atoms with E-state index in [4.69, 9.17) is 10.2 Å². The number of para-hydroxylation sites is 1. The lowest BCUT2D eigenvalue weighted by Crippen LogP contribution is -2.31. The number of benzene rings is 7. The Morgan fingerprint density at radius 1 is 0.640 bits per heavy atom. The Balaban J connectivity index is 1.13. The highest BCUT2D eigenvalue weighted by molar-refractivity contribution is 6.07. The molecule has 2 unspecified atom stereocenters. The van der Waals surface area contributed by atoms with E-state index >= 15 is 0 Å². The Bertz CT molecular complexity index is 2580. The summed E-state index contributed by atoms with van der Waals surface area (Å²) in [5, 5.41) is 8.49. The van der Waals surface area contributed by atoms with Crippen LogP contribution in [0.15, 0.2) is 162 Å². The molecular formula is C47H38N2O. The van der Waals surface area contributed by atoms with Crippen molar-refractivity contribution in [2.24, 2.45) is 5.73 Å². The topological polar surface area (TPSA) is 51.2 Å². The first-order valence-corrected chi connectivity index (χ1v) is 17.4. The van der Waals surface area contributed by atoms with E-state index in [2.05, 4.69) is 147 Å². The van der Waals surface area contributed by atoms with Gasteiger partial charge in [0.1, 0.15) is 11.2 Å². The van der Waals surface area contributed by atoms with Crippen molar-refractivity contribution in [1.82, 2.24) is 5.32 Å². The molecule has 50 heavy (non-hydrogen) atoms. The molecule has 7 aromatic carbocycles. The van der Waals surface area contributed by atoms with Crippen molar-refractivity contribution < 1.29 is 4.42 Å². The fourth-order valence-electron chi connectivity index (χ4n) is 7.99. The lowest BCUT2D eigenvalue weighted by Gasteiger charge is -2.22. The van der Waals surface area contributed by atoms with Crippen LogP contribution in [0.5, 0.6) is 0 Å². The minimum absolute atomic E-state index is 0.0864. The van der Waals surface area contributed by atoms with Gasteiger partial charge >= 0.3 is 0 Å². The Hall–Kier alpha value is -5.74. The second-order valence-electron chi connectivity index (χ2n) is 13.9. The molecule has 1 heterocycles. The maximum absolute atomic E-state index is 6.81. The van der Waals surface area contributed by atoms with Crippen molar-refractivity contribution in [3.8, 4) is 22.3 Å². The van der Waals surface area contributed by atoms with Crippen LogP contribution in [0.3, 0.4) is 0 Å². The Morgan fingerprint density at radius 3 is 2.22 bits per heavy atom. The molecule has 0 bridgehead atoms. The molecule has 2 atom stereocenters. The van der Waals surface area contributed by atoms with Gasteiger partial charge in [-0.05, 0) is 91.2 Å². The van der Waals surface area contributed by atoms with Crippen LogP contribution in [0.2, 0.25) is 0 Å². The van der Waals surface area contributed by atoms with Gasteiger partial charge in [-0.3, -0.25) is 5.32 Å². The number of hydrogen-bond acceptors (Lipinski definition) is 3. The molecular weight excluding hydrogens is 609 g/mol. The fraction of sp³-hybridized carbons (Fsp3) is 0.106. The van der Waals surface area contributed by atoms with Gasteiger partial charge < -0.3 is 10.2 Å². The van der Waals surface area contributed by atoms with Gasteiger partial charge in [0.15, 0.2) is 0 Å².